The minimum atomic E-state index is 0.362. The highest BCUT2D eigenvalue weighted by Gasteiger charge is 2.31. The molecule has 6 nitrogen and oxygen atoms in total. The van der Waals surface area contributed by atoms with Crippen molar-refractivity contribution < 1.29 is 0 Å². The lowest BCUT2D eigenvalue weighted by Gasteiger charge is -2.31. The Labute approximate surface area is 120 Å². The summed E-state index contributed by atoms with van der Waals surface area (Å²) in [6.07, 6.45) is 3.35. The summed E-state index contributed by atoms with van der Waals surface area (Å²) in [5, 5.41) is 8.80. The average molecular weight is 278 g/mol. The van der Waals surface area contributed by atoms with Gasteiger partial charge in [-0.2, -0.15) is 0 Å². The molecule has 0 radical (unpaired) electrons. The highest BCUT2D eigenvalue weighted by molar-refractivity contribution is 5.08. The molecule has 112 valence electrons. The fraction of sp³-hybridized carbons (Fsp3) is 0.857. The minimum absolute atomic E-state index is 0.362. The molecule has 0 unspecified atom stereocenters. The molecule has 2 N–H and O–H groups in total. The summed E-state index contributed by atoms with van der Waals surface area (Å²) in [6, 6.07) is 0.362. The van der Waals surface area contributed by atoms with Crippen LogP contribution in [-0.4, -0.2) is 63.8 Å². The number of hydrogen-bond acceptors (Lipinski definition) is 5. The Hall–Kier alpha value is -0.980. The standard InChI is InChI=1S/C14H26N6/c1-18-4-3-5-20(7-6-18)10-13-16-17-14(19(13)2)11-8-12(15)9-11/h11-12H,3-10,15H2,1-2H3. The summed E-state index contributed by atoms with van der Waals surface area (Å²) in [5.41, 5.74) is 5.87. The van der Waals surface area contributed by atoms with Crippen molar-refractivity contribution in [2.45, 2.75) is 37.8 Å². The molecule has 1 saturated heterocycles. The van der Waals surface area contributed by atoms with Crippen LogP contribution in [0.2, 0.25) is 0 Å². The average Bonchev–Trinajstić information content (AvgIpc) is 2.59. The van der Waals surface area contributed by atoms with Gasteiger partial charge in [0.1, 0.15) is 11.6 Å². The van der Waals surface area contributed by atoms with Crippen LogP contribution in [-0.2, 0) is 13.6 Å². The van der Waals surface area contributed by atoms with E-state index in [4.69, 9.17) is 5.73 Å². The SMILES string of the molecule is CN1CCCN(Cc2nnc(C3CC(N)C3)n2C)CC1. The lowest BCUT2D eigenvalue weighted by Crippen LogP contribution is -2.36. The molecule has 1 saturated carbocycles. The minimum Gasteiger partial charge on any atom is -0.328 e. The zero-order valence-electron chi connectivity index (χ0n) is 12.6. The van der Waals surface area contributed by atoms with Crippen LogP contribution in [0.1, 0.15) is 36.8 Å². The summed E-state index contributed by atoms with van der Waals surface area (Å²) in [4.78, 5) is 4.89. The van der Waals surface area contributed by atoms with Gasteiger partial charge in [0.15, 0.2) is 0 Å². The lowest BCUT2D eigenvalue weighted by molar-refractivity contribution is 0.259. The van der Waals surface area contributed by atoms with Gasteiger partial charge >= 0.3 is 0 Å². The predicted octanol–water partition coefficient (Wildman–Crippen LogP) is 0.157. The van der Waals surface area contributed by atoms with Gasteiger partial charge in [0.2, 0.25) is 0 Å². The molecule has 2 fully saturated rings. The van der Waals surface area contributed by atoms with E-state index < -0.39 is 0 Å². The number of aromatic nitrogens is 3. The highest BCUT2D eigenvalue weighted by Crippen LogP contribution is 2.34. The Morgan fingerprint density at radius 1 is 1.10 bits per heavy atom. The van der Waals surface area contributed by atoms with Gasteiger partial charge in [0, 0.05) is 32.1 Å². The first-order valence-electron chi connectivity index (χ1n) is 7.68. The van der Waals surface area contributed by atoms with E-state index in [1.807, 2.05) is 0 Å². The first-order valence-corrected chi connectivity index (χ1v) is 7.68. The molecule has 1 aromatic rings. The van der Waals surface area contributed by atoms with Gasteiger partial charge in [-0.3, -0.25) is 4.90 Å². The first-order chi connectivity index (χ1) is 9.63. The Bertz CT molecular complexity index is 451. The van der Waals surface area contributed by atoms with Crippen molar-refractivity contribution in [3.05, 3.63) is 11.6 Å². The van der Waals surface area contributed by atoms with E-state index in [0.717, 1.165) is 50.7 Å². The van der Waals surface area contributed by atoms with Crippen LogP contribution in [0.5, 0.6) is 0 Å². The van der Waals surface area contributed by atoms with Crippen molar-refractivity contribution in [3.8, 4) is 0 Å². The molecule has 20 heavy (non-hydrogen) atoms. The second-order valence-electron chi connectivity index (χ2n) is 6.39. The molecule has 6 heteroatoms. The van der Waals surface area contributed by atoms with Crippen LogP contribution in [0, 0.1) is 0 Å². The Balaban J connectivity index is 1.62. The molecular weight excluding hydrogens is 252 g/mol. The second-order valence-corrected chi connectivity index (χ2v) is 6.39. The Kier molecular flexibility index (Phi) is 4.05. The van der Waals surface area contributed by atoms with E-state index in [0.29, 0.717) is 12.0 Å². The summed E-state index contributed by atoms with van der Waals surface area (Å²) < 4.78 is 2.19. The highest BCUT2D eigenvalue weighted by atomic mass is 15.3. The van der Waals surface area contributed by atoms with Crippen LogP contribution in [0.15, 0.2) is 0 Å². The summed E-state index contributed by atoms with van der Waals surface area (Å²) in [7, 11) is 4.29. The molecule has 2 heterocycles. The molecule has 1 aliphatic heterocycles. The molecule has 0 spiro atoms. The van der Waals surface area contributed by atoms with Crippen LogP contribution in [0.3, 0.4) is 0 Å². The fourth-order valence-corrected chi connectivity index (χ4v) is 3.20. The normalized spacial score (nSPS) is 29.1. The third-order valence-electron chi connectivity index (χ3n) is 4.72. The Morgan fingerprint density at radius 3 is 2.65 bits per heavy atom. The van der Waals surface area contributed by atoms with E-state index in [-0.39, 0.29) is 0 Å². The van der Waals surface area contributed by atoms with Crippen molar-refractivity contribution in [2.24, 2.45) is 12.8 Å². The van der Waals surface area contributed by atoms with Crippen LogP contribution in [0.25, 0.3) is 0 Å². The molecular formula is C14H26N6. The van der Waals surface area contributed by atoms with E-state index in [1.165, 1.54) is 13.0 Å². The molecule has 2 aliphatic rings. The van der Waals surface area contributed by atoms with Crippen LogP contribution in [0.4, 0.5) is 0 Å². The van der Waals surface area contributed by atoms with Gasteiger partial charge < -0.3 is 15.2 Å². The zero-order chi connectivity index (χ0) is 14.1. The second kappa shape index (κ2) is 5.79. The summed E-state index contributed by atoms with van der Waals surface area (Å²) in [6.45, 7) is 5.52. The van der Waals surface area contributed by atoms with Gasteiger partial charge in [-0.15, -0.1) is 10.2 Å². The number of hydrogen-bond donors (Lipinski definition) is 1. The number of likely N-dealkylation sites (N-methyl/N-ethyl adjacent to an activating group) is 1. The van der Waals surface area contributed by atoms with Crippen molar-refractivity contribution >= 4 is 0 Å². The number of rotatable bonds is 3. The molecule has 1 aromatic heterocycles. The van der Waals surface area contributed by atoms with Gasteiger partial charge in [-0.05, 0) is 39.4 Å². The zero-order valence-corrected chi connectivity index (χ0v) is 12.6. The van der Waals surface area contributed by atoms with Crippen molar-refractivity contribution in [1.29, 1.82) is 0 Å². The van der Waals surface area contributed by atoms with Crippen molar-refractivity contribution in [1.82, 2.24) is 24.6 Å². The van der Waals surface area contributed by atoms with Crippen LogP contribution < -0.4 is 5.73 Å². The van der Waals surface area contributed by atoms with Gasteiger partial charge in [0.25, 0.3) is 0 Å². The van der Waals surface area contributed by atoms with Gasteiger partial charge in [-0.1, -0.05) is 0 Å². The van der Waals surface area contributed by atoms with Gasteiger partial charge in [-0.25, -0.2) is 0 Å². The smallest absolute Gasteiger partial charge is 0.146 e. The fourth-order valence-electron chi connectivity index (χ4n) is 3.20. The molecule has 0 aromatic carbocycles. The molecule has 0 amide bonds. The molecule has 0 bridgehead atoms. The molecule has 3 rings (SSSR count). The predicted molar refractivity (Wildman–Crippen MR) is 78.3 cm³/mol. The monoisotopic (exact) mass is 278 g/mol. The maximum atomic E-state index is 5.87. The third kappa shape index (κ3) is 2.87. The summed E-state index contributed by atoms with van der Waals surface area (Å²) >= 11 is 0. The first kappa shape index (κ1) is 14.0. The van der Waals surface area contributed by atoms with E-state index >= 15 is 0 Å². The number of nitrogens with zero attached hydrogens (tertiary/aromatic N) is 5. The third-order valence-corrected chi connectivity index (χ3v) is 4.72. The van der Waals surface area contributed by atoms with E-state index in [2.05, 4.69) is 38.7 Å². The quantitative estimate of drug-likeness (QED) is 0.853. The largest absolute Gasteiger partial charge is 0.328 e. The van der Waals surface area contributed by atoms with Crippen molar-refractivity contribution in [3.63, 3.8) is 0 Å². The van der Waals surface area contributed by atoms with Crippen LogP contribution >= 0.6 is 0 Å². The molecule has 1 aliphatic carbocycles. The summed E-state index contributed by atoms with van der Waals surface area (Å²) in [5.74, 6) is 2.73. The van der Waals surface area contributed by atoms with E-state index in [1.54, 1.807) is 0 Å². The lowest BCUT2D eigenvalue weighted by atomic mass is 9.80. The van der Waals surface area contributed by atoms with Crippen molar-refractivity contribution in [2.75, 3.05) is 33.2 Å². The van der Waals surface area contributed by atoms with E-state index in [9.17, 15) is 0 Å². The maximum absolute atomic E-state index is 5.87. The maximum Gasteiger partial charge on any atom is 0.146 e. The molecule has 0 atom stereocenters. The number of nitrogens with two attached hydrogens (primary N) is 1. The topological polar surface area (TPSA) is 63.2 Å². The van der Waals surface area contributed by atoms with Gasteiger partial charge in [0.05, 0.1) is 6.54 Å². The Morgan fingerprint density at radius 2 is 1.90 bits per heavy atom.